The molecule has 7 nitrogen and oxygen atoms in total. The topological polar surface area (TPSA) is 101 Å². The van der Waals surface area contributed by atoms with Gasteiger partial charge in [-0.15, -0.1) is 0 Å². The summed E-state index contributed by atoms with van der Waals surface area (Å²) in [6, 6.07) is -0.211. The van der Waals surface area contributed by atoms with E-state index in [0.717, 1.165) is 10.6 Å². The first-order chi connectivity index (χ1) is 7.74. The molecule has 1 heterocycles. The summed E-state index contributed by atoms with van der Waals surface area (Å²) >= 11 is 0. The number of sulfone groups is 1. The van der Waals surface area contributed by atoms with Crippen molar-refractivity contribution < 1.29 is 21.6 Å². The third-order valence-electron chi connectivity index (χ3n) is 2.42. The molecule has 0 saturated carbocycles. The van der Waals surface area contributed by atoms with E-state index in [0.29, 0.717) is 12.8 Å². The summed E-state index contributed by atoms with van der Waals surface area (Å²) in [7, 11) is -7.34. The smallest absolute Gasteiger partial charge is 0.228 e. The molecule has 1 rings (SSSR count). The second kappa shape index (κ2) is 5.26. The fourth-order valence-electron chi connectivity index (χ4n) is 1.67. The Hall–Kier alpha value is -0.760. The molecule has 9 heteroatoms. The van der Waals surface area contributed by atoms with Crippen LogP contribution in [-0.2, 0) is 24.7 Å². The van der Waals surface area contributed by atoms with Crippen LogP contribution in [0.25, 0.3) is 0 Å². The first-order valence-corrected chi connectivity index (χ1v) is 8.64. The lowest BCUT2D eigenvalue weighted by Gasteiger charge is -2.28. The molecule has 1 aliphatic heterocycles. The van der Waals surface area contributed by atoms with Gasteiger partial charge >= 0.3 is 0 Å². The fourth-order valence-corrected chi connectivity index (χ4v) is 5.20. The Morgan fingerprint density at radius 1 is 1.24 bits per heavy atom. The van der Waals surface area contributed by atoms with Gasteiger partial charge in [0.2, 0.25) is 16.1 Å². The van der Waals surface area contributed by atoms with Gasteiger partial charge in [-0.2, -0.15) is 0 Å². The van der Waals surface area contributed by atoms with E-state index in [2.05, 4.69) is 4.99 Å². The average Bonchev–Trinajstić information content (AvgIpc) is 2.15. The van der Waals surface area contributed by atoms with Gasteiger partial charge in [-0.3, -0.25) is 0 Å². The minimum atomic E-state index is -3.77. The summed E-state index contributed by atoms with van der Waals surface area (Å²) in [5, 5.41) is -0.873. The van der Waals surface area contributed by atoms with Gasteiger partial charge in [0.1, 0.15) is 0 Å². The van der Waals surface area contributed by atoms with Crippen LogP contribution in [0.3, 0.4) is 0 Å². The van der Waals surface area contributed by atoms with Gasteiger partial charge < -0.3 is 0 Å². The second-order valence-corrected chi connectivity index (χ2v) is 8.48. The van der Waals surface area contributed by atoms with Crippen molar-refractivity contribution in [2.75, 3.05) is 24.4 Å². The monoisotopic (exact) mass is 282 g/mol. The maximum absolute atomic E-state index is 11.7. The van der Waals surface area contributed by atoms with Crippen LogP contribution in [-0.4, -0.2) is 57.7 Å². The molecule has 0 radical (unpaired) electrons. The van der Waals surface area contributed by atoms with Gasteiger partial charge in [-0.25, -0.2) is 30.9 Å². The largest absolute Gasteiger partial charge is 0.235 e. The Morgan fingerprint density at radius 3 is 2.18 bits per heavy atom. The minimum absolute atomic E-state index is 0.188. The molecule has 0 aromatic heterocycles. The SMILES string of the molecule is CS(=O)(=O)CS(=O)(=O)N1CCC(N=C=O)CC1. The fraction of sp³-hybridized carbons (Fsp3) is 0.875. The summed E-state index contributed by atoms with van der Waals surface area (Å²) < 4.78 is 46.5. The molecule has 0 aromatic carbocycles. The van der Waals surface area contributed by atoms with E-state index in [1.165, 1.54) is 6.08 Å². The molecule has 0 aliphatic carbocycles. The number of hydrogen-bond acceptors (Lipinski definition) is 6. The highest BCUT2D eigenvalue weighted by Crippen LogP contribution is 2.17. The van der Waals surface area contributed by atoms with Crippen molar-refractivity contribution in [1.29, 1.82) is 0 Å². The molecule has 98 valence electrons. The number of hydrogen-bond donors (Lipinski definition) is 0. The molecule has 1 saturated heterocycles. The highest BCUT2D eigenvalue weighted by Gasteiger charge is 2.30. The van der Waals surface area contributed by atoms with Gasteiger partial charge in [0.25, 0.3) is 0 Å². The van der Waals surface area contributed by atoms with E-state index >= 15 is 0 Å². The van der Waals surface area contributed by atoms with Crippen LogP contribution in [0.1, 0.15) is 12.8 Å². The van der Waals surface area contributed by atoms with Crippen LogP contribution in [0.4, 0.5) is 0 Å². The number of rotatable bonds is 4. The number of sulfonamides is 1. The van der Waals surface area contributed by atoms with Gasteiger partial charge in [0, 0.05) is 19.3 Å². The number of carbonyl (C=O) groups excluding carboxylic acids is 1. The molecule has 0 amide bonds. The van der Waals surface area contributed by atoms with Crippen molar-refractivity contribution >= 4 is 25.9 Å². The zero-order valence-corrected chi connectivity index (χ0v) is 11.0. The van der Waals surface area contributed by atoms with Gasteiger partial charge in [0.05, 0.1) is 6.04 Å². The standard InChI is InChI=1S/C8H14N2O5S2/c1-16(12,13)7-17(14,15)10-4-2-8(3-5-10)9-6-11/h8H,2-5,7H2,1H3. The first kappa shape index (κ1) is 14.3. The minimum Gasteiger partial charge on any atom is -0.228 e. The van der Waals surface area contributed by atoms with Crippen molar-refractivity contribution in [3.05, 3.63) is 0 Å². The summed E-state index contributed by atoms with van der Waals surface area (Å²) in [5.41, 5.74) is 0. The summed E-state index contributed by atoms with van der Waals surface area (Å²) in [5.74, 6) is 0. The lowest BCUT2D eigenvalue weighted by atomic mass is 10.1. The normalized spacial score (nSPS) is 19.8. The Balaban J connectivity index is 2.68. The third kappa shape index (κ3) is 4.55. The second-order valence-electron chi connectivity index (χ2n) is 4.01. The van der Waals surface area contributed by atoms with E-state index in [1.54, 1.807) is 0 Å². The van der Waals surface area contributed by atoms with Crippen LogP contribution in [0.2, 0.25) is 0 Å². The quantitative estimate of drug-likeness (QED) is 0.492. The van der Waals surface area contributed by atoms with E-state index in [1.807, 2.05) is 0 Å². The predicted molar refractivity (Wildman–Crippen MR) is 61.3 cm³/mol. The van der Waals surface area contributed by atoms with E-state index in [4.69, 9.17) is 0 Å². The predicted octanol–water partition coefficient (Wildman–Crippen LogP) is -0.881. The van der Waals surface area contributed by atoms with Crippen LogP contribution < -0.4 is 0 Å². The zero-order valence-electron chi connectivity index (χ0n) is 9.37. The molecule has 0 N–H and O–H groups in total. The first-order valence-electron chi connectivity index (χ1n) is 4.97. The third-order valence-corrected chi connectivity index (χ3v) is 6.47. The Morgan fingerprint density at radius 2 is 1.76 bits per heavy atom. The van der Waals surface area contributed by atoms with Crippen LogP contribution in [0.15, 0.2) is 4.99 Å². The Kier molecular flexibility index (Phi) is 4.42. The zero-order chi connectivity index (χ0) is 13.1. The molecule has 0 atom stereocenters. The van der Waals surface area contributed by atoms with Crippen LogP contribution >= 0.6 is 0 Å². The molecular weight excluding hydrogens is 268 g/mol. The molecule has 0 bridgehead atoms. The number of nitrogens with zero attached hydrogens (tertiary/aromatic N) is 2. The van der Waals surface area contributed by atoms with E-state index in [-0.39, 0.29) is 19.1 Å². The highest BCUT2D eigenvalue weighted by molar-refractivity contribution is 8.06. The van der Waals surface area contributed by atoms with E-state index < -0.39 is 24.9 Å². The maximum atomic E-state index is 11.7. The van der Waals surface area contributed by atoms with Gasteiger partial charge in [0.15, 0.2) is 14.9 Å². The molecule has 1 aliphatic rings. The van der Waals surface area contributed by atoms with Crippen molar-refractivity contribution in [2.45, 2.75) is 18.9 Å². The summed E-state index contributed by atoms with van der Waals surface area (Å²) in [6.07, 6.45) is 3.15. The van der Waals surface area contributed by atoms with E-state index in [9.17, 15) is 21.6 Å². The molecule has 1 fully saturated rings. The lowest BCUT2D eigenvalue weighted by Crippen LogP contribution is -2.41. The molecule has 0 unspecified atom stereocenters. The molecule has 17 heavy (non-hydrogen) atoms. The molecular formula is C8H14N2O5S2. The lowest BCUT2D eigenvalue weighted by molar-refractivity contribution is 0.322. The van der Waals surface area contributed by atoms with Crippen molar-refractivity contribution in [3.63, 3.8) is 0 Å². The summed E-state index contributed by atoms with van der Waals surface area (Å²) in [6.45, 7) is 0.376. The maximum Gasteiger partial charge on any atom is 0.235 e. The molecule has 0 aromatic rings. The highest BCUT2D eigenvalue weighted by atomic mass is 32.3. The summed E-state index contributed by atoms with van der Waals surface area (Å²) in [4.78, 5) is 13.6. The van der Waals surface area contributed by atoms with Crippen molar-refractivity contribution in [3.8, 4) is 0 Å². The van der Waals surface area contributed by atoms with Crippen LogP contribution in [0.5, 0.6) is 0 Å². The van der Waals surface area contributed by atoms with Crippen molar-refractivity contribution in [2.24, 2.45) is 4.99 Å². The number of aliphatic imine (C=N–C) groups is 1. The van der Waals surface area contributed by atoms with Crippen molar-refractivity contribution in [1.82, 2.24) is 4.31 Å². The Labute approximate surface area is 100 Å². The average molecular weight is 282 g/mol. The number of isocyanates is 1. The number of piperidine rings is 1. The van der Waals surface area contributed by atoms with Crippen LogP contribution in [0, 0.1) is 0 Å². The van der Waals surface area contributed by atoms with Gasteiger partial charge in [-0.05, 0) is 12.8 Å². The van der Waals surface area contributed by atoms with Gasteiger partial charge in [-0.1, -0.05) is 0 Å². The molecule has 0 spiro atoms. The Bertz CT molecular complexity index is 510.